The molecule has 2 N–H and O–H groups in total. The number of likely N-dealkylation sites (N-methyl/N-ethyl adjacent to an activating group) is 1. The molecule has 3 nitrogen and oxygen atoms in total. The van der Waals surface area contributed by atoms with Gasteiger partial charge in [-0.25, -0.2) is 8.78 Å². The van der Waals surface area contributed by atoms with Crippen molar-refractivity contribution in [3.8, 4) is 0 Å². The summed E-state index contributed by atoms with van der Waals surface area (Å²) in [6.07, 6.45) is 1.91. The van der Waals surface area contributed by atoms with Crippen LogP contribution in [0.3, 0.4) is 0 Å². The van der Waals surface area contributed by atoms with Crippen LogP contribution in [0.1, 0.15) is 24.4 Å². The van der Waals surface area contributed by atoms with Gasteiger partial charge in [-0.3, -0.25) is 0 Å². The summed E-state index contributed by atoms with van der Waals surface area (Å²) in [4.78, 5) is 2.11. The van der Waals surface area contributed by atoms with Gasteiger partial charge < -0.3 is 15.4 Å². The maximum absolute atomic E-state index is 13.6. The molecule has 1 aromatic rings. The molecule has 5 heteroatoms. The van der Waals surface area contributed by atoms with Crippen molar-refractivity contribution in [2.75, 3.05) is 26.8 Å². The normalized spacial score (nSPS) is 18.8. The predicted molar refractivity (Wildman–Crippen MR) is 69.8 cm³/mol. The summed E-state index contributed by atoms with van der Waals surface area (Å²) >= 11 is 0. The Morgan fingerprint density at radius 3 is 2.74 bits per heavy atom. The van der Waals surface area contributed by atoms with Crippen LogP contribution in [0.25, 0.3) is 0 Å². The summed E-state index contributed by atoms with van der Waals surface area (Å²) in [5.74, 6) is -0.908. The summed E-state index contributed by atoms with van der Waals surface area (Å²) in [6.45, 7) is 2.00. The van der Waals surface area contributed by atoms with Crippen molar-refractivity contribution in [3.63, 3.8) is 0 Å². The van der Waals surface area contributed by atoms with E-state index in [2.05, 4.69) is 4.90 Å². The van der Waals surface area contributed by atoms with E-state index in [9.17, 15) is 8.78 Å². The average Bonchev–Trinajstić information content (AvgIpc) is 2.42. The van der Waals surface area contributed by atoms with Crippen molar-refractivity contribution in [3.05, 3.63) is 35.4 Å². The number of nitrogens with two attached hydrogens (primary N) is 1. The van der Waals surface area contributed by atoms with E-state index in [0.717, 1.165) is 38.2 Å². The second-order valence-corrected chi connectivity index (χ2v) is 5.06. The van der Waals surface area contributed by atoms with Gasteiger partial charge in [0.25, 0.3) is 0 Å². The van der Waals surface area contributed by atoms with E-state index in [-0.39, 0.29) is 5.56 Å². The van der Waals surface area contributed by atoms with Crippen LogP contribution >= 0.6 is 0 Å². The summed E-state index contributed by atoms with van der Waals surface area (Å²) < 4.78 is 32.1. The van der Waals surface area contributed by atoms with Gasteiger partial charge in [0.05, 0.1) is 0 Å². The fraction of sp³-hybridized carbons (Fsp3) is 0.571. The third-order valence-corrected chi connectivity index (χ3v) is 3.66. The predicted octanol–water partition coefficient (Wildman–Crippen LogP) is 2.08. The van der Waals surface area contributed by atoms with Crippen LogP contribution in [0.2, 0.25) is 0 Å². The van der Waals surface area contributed by atoms with Gasteiger partial charge in [-0.1, -0.05) is 0 Å². The monoisotopic (exact) mass is 270 g/mol. The average molecular weight is 270 g/mol. The Labute approximate surface area is 112 Å². The van der Waals surface area contributed by atoms with Crippen LogP contribution in [0, 0.1) is 11.6 Å². The number of hydrogen-bond acceptors (Lipinski definition) is 3. The zero-order valence-corrected chi connectivity index (χ0v) is 11.1. The molecule has 0 bridgehead atoms. The van der Waals surface area contributed by atoms with E-state index >= 15 is 0 Å². The molecule has 0 saturated carbocycles. The molecule has 2 rings (SSSR count). The molecule has 1 saturated heterocycles. The van der Waals surface area contributed by atoms with Crippen molar-refractivity contribution >= 4 is 0 Å². The zero-order valence-electron chi connectivity index (χ0n) is 11.1. The first kappa shape index (κ1) is 14.4. The summed E-state index contributed by atoms with van der Waals surface area (Å²) in [7, 11) is 1.97. The molecule has 1 heterocycles. The molecule has 0 aliphatic carbocycles. The van der Waals surface area contributed by atoms with Crippen LogP contribution in [-0.2, 0) is 4.74 Å². The summed E-state index contributed by atoms with van der Waals surface area (Å²) in [5, 5.41) is 0. The maximum Gasteiger partial charge on any atom is 0.128 e. The highest BCUT2D eigenvalue weighted by Gasteiger charge is 2.21. The van der Waals surface area contributed by atoms with E-state index in [1.54, 1.807) is 0 Å². The van der Waals surface area contributed by atoms with E-state index < -0.39 is 17.7 Å². The Kier molecular flexibility index (Phi) is 4.85. The molecule has 0 radical (unpaired) electrons. The number of hydrogen-bond donors (Lipinski definition) is 1. The van der Waals surface area contributed by atoms with Gasteiger partial charge in [-0.2, -0.15) is 0 Å². The van der Waals surface area contributed by atoms with Gasteiger partial charge in [0, 0.05) is 37.4 Å². The van der Waals surface area contributed by atoms with Gasteiger partial charge in [-0.05, 0) is 38.1 Å². The highest BCUT2D eigenvalue weighted by molar-refractivity contribution is 5.22. The lowest BCUT2D eigenvalue weighted by Crippen LogP contribution is -2.40. The van der Waals surface area contributed by atoms with Crippen molar-refractivity contribution in [2.45, 2.75) is 24.9 Å². The van der Waals surface area contributed by atoms with Gasteiger partial charge in [0.15, 0.2) is 0 Å². The molecule has 1 aromatic carbocycles. The smallest absolute Gasteiger partial charge is 0.128 e. The molecule has 0 spiro atoms. The minimum atomic E-state index is -0.524. The van der Waals surface area contributed by atoms with E-state index in [0.29, 0.717) is 12.6 Å². The SMILES string of the molecule is CN(CC(N)c1cc(F)ccc1F)C1CCOCC1. The molecule has 106 valence electrons. The molecule has 1 unspecified atom stereocenters. The summed E-state index contributed by atoms with van der Waals surface area (Å²) in [5.41, 5.74) is 6.23. The Balaban J connectivity index is 1.99. The Morgan fingerprint density at radius 1 is 1.37 bits per heavy atom. The summed E-state index contributed by atoms with van der Waals surface area (Å²) in [6, 6.07) is 3.28. The fourth-order valence-corrected chi connectivity index (χ4v) is 2.48. The molecular weight excluding hydrogens is 250 g/mol. The molecule has 0 amide bonds. The second-order valence-electron chi connectivity index (χ2n) is 5.06. The number of halogens is 2. The Bertz CT molecular complexity index is 422. The van der Waals surface area contributed by atoms with E-state index in [1.165, 1.54) is 6.07 Å². The van der Waals surface area contributed by atoms with Gasteiger partial charge in [0.2, 0.25) is 0 Å². The largest absolute Gasteiger partial charge is 0.381 e. The van der Waals surface area contributed by atoms with Gasteiger partial charge in [0.1, 0.15) is 11.6 Å². The lowest BCUT2D eigenvalue weighted by atomic mass is 10.0. The van der Waals surface area contributed by atoms with Crippen LogP contribution < -0.4 is 5.73 Å². The first-order valence-corrected chi connectivity index (χ1v) is 6.56. The van der Waals surface area contributed by atoms with Crippen molar-refractivity contribution < 1.29 is 13.5 Å². The molecule has 1 aliphatic heterocycles. The Hall–Kier alpha value is -1.04. The van der Waals surface area contributed by atoms with Crippen LogP contribution in [-0.4, -0.2) is 37.7 Å². The fourth-order valence-electron chi connectivity index (χ4n) is 2.48. The van der Waals surface area contributed by atoms with Crippen LogP contribution in [0.15, 0.2) is 18.2 Å². The lowest BCUT2D eigenvalue weighted by Gasteiger charge is -2.32. The molecule has 1 atom stereocenters. The number of ether oxygens (including phenoxy) is 1. The first-order chi connectivity index (χ1) is 9.08. The highest BCUT2D eigenvalue weighted by Crippen LogP contribution is 2.20. The molecular formula is C14H20F2N2O. The van der Waals surface area contributed by atoms with Gasteiger partial charge >= 0.3 is 0 Å². The van der Waals surface area contributed by atoms with E-state index in [4.69, 9.17) is 10.5 Å². The quantitative estimate of drug-likeness (QED) is 0.910. The van der Waals surface area contributed by atoms with Crippen LogP contribution in [0.4, 0.5) is 8.78 Å². The molecule has 19 heavy (non-hydrogen) atoms. The highest BCUT2D eigenvalue weighted by atomic mass is 19.1. The zero-order chi connectivity index (χ0) is 13.8. The minimum absolute atomic E-state index is 0.235. The van der Waals surface area contributed by atoms with Crippen molar-refractivity contribution in [1.82, 2.24) is 4.90 Å². The van der Waals surface area contributed by atoms with Crippen molar-refractivity contribution in [2.24, 2.45) is 5.73 Å². The molecule has 1 fully saturated rings. The first-order valence-electron chi connectivity index (χ1n) is 6.56. The minimum Gasteiger partial charge on any atom is -0.381 e. The van der Waals surface area contributed by atoms with E-state index in [1.807, 2.05) is 7.05 Å². The standard InChI is InChI=1S/C14H20F2N2O/c1-18(11-4-6-19-7-5-11)9-14(17)12-8-10(15)2-3-13(12)16/h2-3,8,11,14H,4-7,9,17H2,1H3. The number of benzene rings is 1. The third-order valence-electron chi connectivity index (χ3n) is 3.66. The van der Waals surface area contributed by atoms with Crippen molar-refractivity contribution in [1.29, 1.82) is 0 Å². The third kappa shape index (κ3) is 3.72. The van der Waals surface area contributed by atoms with Gasteiger partial charge in [-0.15, -0.1) is 0 Å². The Morgan fingerprint density at radius 2 is 2.05 bits per heavy atom. The number of rotatable bonds is 4. The second kappa shape index (κ2) is 6.41. The number of nitrogens with zero attached hydrogens (tertiary/aromatic N) is 1. The molecule has 1 aliphatic rings. The lowest BCUT2D eigenvalue weighted by molar-refractivity contribution is 0.0412. The van der Waals surface area contributed by atoms with Crippen LogP contribution in [0.5, 0.6) is 0 Å². The topological polar surface area (TPSA) is 38.5 Å². The molecule has 0 aromatic heterocycles. The maximum atomic E-state index is 13.6.